The molecule has 0 aliphatic heterocycles. The van der Waals surface area contributed by atoms with E-state index in [1.165, 1.54) is 0 Å². The zero-order chi connectivity index (χ0) is 10.7. The number of aromatic nitrogens is 1. The number of hydrogen-bond donors (Lipinski definition) is 2. The second-order valence-electron chi connectivity index (χ2n) is 2.63. The molecule has 0 aliphatic carbocycles. The summed E-state index contributed by atoms with van der Waals surface area (Å²) >= 11 is 0. The fourth-order valence-electron chi connectivity index (χ4n) is 1.11. The van der Waals surface area contributed by atoms with Gasteiger partial charge in [-0.15, -0.1) is 0 Å². The highest BCUT2D eigenvalue weighted by molar-refractivity contribution is 5.56. The van der Waals surface area contributed by atoms with Crippen LogP contribution in [0.3, 0.4) is 0 Å². The van der Waals surface area contributed by atoms with Crippen molar-refractivity contribution in [1.29, 1.82) is 5.26 Å². The molecule has 4 N–H and O–H groups in total. The van der Waals surface area contributed by atoms with E-state index in [0.717, 1.165) is 6.07 Å². The van der Waals surface area contributed by atoms with Crippen LogP contribution in [0, 0.1) is 11.3 Å². The molecular weight excluding hydrogens is 190 g/mol. The lowest BCUT2D eigenvalue weighted by molar-refractivity contribution is 0.151. The van der Waals surface area contributed by atoms with Crippen molar-refractivity contribution in [3.05, 3.63) is 17.3 Å². The van der Waals surface area contributed by atoms with Gasteiger partial charge in [0.25, 0.3) is 6.43 Å². The van der Waals surface area contributed by atoms with Crippen LogP contribution in [-0.4, -0.2) is 4.98 Å². The quantitative estimate of drug-likeness (QED) is 0.748. The topological polar surface area (TPSA) is 88.7 Å². The first kappa shape index (κ1) is 10.2. The first-order valence-corrected chi connectivity index (χ1v) is 3.76. The molecule has 0 saturated heterocycles. The van der Waals surface area contributed by atoms with Gasteiger partial charge < -0.3 is 11.5 Å². The van der Waals surface area contributed by atoms with E-state index in [1.807, 2.05) is 0 Å². The molecule has 0 spiro atoms. The molecule has 0 unspecified atom stereocenters. The number of pyridine rings is 1. The van der Waals surface area contributed by atoms with Gasteiger partial charge in [-0.2, -0.15) is 5.26 Å². The maximum absolute atomic E-state index is 12.5. The third kappa shape index (κ3) is 1.88. The SMILES string of the molecule is N#CCc1nc(N)cc(N)c1C(F)F. The zero-order valence-corrected chi connectivity index (χ0v) is 7.17. The lowest BCUT2D eigenvalue weighted by Gasteiger charge is -2.09. The molecule has 0 saturated carbocycles. The Morgan fingerprint density at radius 3 is 2.64 bits per heavy atom. The largest absolute Gasteiger partial charge is 0.398 e. The summed E-state index contributed by atoms with van der Waals surface area (Å²) in [6.45, 7) is 0. The number of nitrogens with two attached hydrogens (primary N) is 2. The maximum atomic E-state index is 12.5. The molecule has 0 radical (unpaired) electrons. The summed E-state index contributed by atoms with van der Waals surface area (Å²) in [5, 5.41) is 8.39. The van der Waals surface area contributed by atoms with Gasteiger partial charge in [0.2, 0.25) is 0 Å². The fraction of sp³-hybridized carbons (Fsp3) is 0.250. The van der Waals surface area contributed by atoms with Crippen molar-refractivity contribution in [2.75, 3.05) is 11.5 Å². The van der Waals surface area contributed by atoms with Crippen molar-refractivity contribution in [1.82, 2.24) is 4.98 Å². The van der Waals surface area contributed by atoms with Crippen LogP contribution in [0.15, 0.2) is 6.07 Å². The molecule has 1 rings (SSSR count). The van der Waals surface area contributed by atoms with E-state index in [9.17, 15) is 8.78 Å². The highest BCUT2D eigenvalue weighted by Crippen LogP contribution is 2.29. The van der Waals surface area contributed by atoms with Crippen LogP contribution in [0.4, 0.5) is 20.3 Å². The van der Waals surface area contributed by atoms with Crippen LogP contribution in [0.5, 0.6) is 0 Å². The van der Waals surface area contributed by atoms with Gasteiger partial charge in [-0.3, -0.25) is 0 Å². The molecule has 1 heterocycles. The molecule has 0 aliphatic rings. The van der Waals surface area contributed by atoms with Gasteiger partial charge in [-0.25, -0.2) is 13.8 Å². The van der Waals surface area contributed by atoms with Gasteiger partial charge in [-0.1, -0.05) is 0 Å². The lowest BCUT2D eigenvalue weighted by atomic mass is 10.1. The average molecular weight is 198 g/mol. The monoisotopic (exact) mass is 198 g/mol. The van der Waals surface area contributed by atoms with Crippen LogP contribution in [-0.2, 0) is 6.42 Å². The number of alkyl halides is 2. The summed E-state index contributed by atoms with van der Waals surface area (Å²) in [6, 6.07) is 2.88. The molecule has 1 aromatic heterocycles. The van der Waals surface area contributed by atoms with E-state index in [-0.39, 0.29) is 23.6 Å². The number of halogens is 2. The Balaban J connectivity index is 3.30. The van der Waals surface area contributed by atoms with Gasteiger partial charge in [0.1, 0.15) is 5.82 Å². The third-order valence-corrected chi connectivity index (χ3v) is 1.65. The van der Waals surface area contributed by atoms with Crippen molar-refractivity contribution in [2.24, 2.45) is 0 Å². The van der Waals surface area contributed by atoms with Crippen molar-refractivity contribution in [3.63, 3.8) is 0 Å². The first-order valence-electron chi connectivity index (χ1n) is 3.76. The minimum absolute atomic E-state index is 0.0390. The predicted octanol–water partition coefficient (Wildman–Crippen LogP) is 1.25. The molecule has 6 heteroatoms. The van der Waals surface area contributed by atoms with Crippen LogP contribution >= 0.6 is 0 Å². The van der Waals surface area contributed by atoms with E-state index in [4.69, 9.17) is 16.7 Å². The van der Waals surface area contributed by atoms with Crippen LogP contribution in [0.25, 0.3) is 0 Å². The predicted molar refractivity (Wildman–Crippen MR) is 47.3 cm³/mol. The van der Waals surface area contributed by atoms with E-state index in [2.05, 4.69) is 4.98 Å². The molecule has 0 aromatic carbocycles. The Morgan fingerprint density at radius 1 is 1.50 bits per heavy atom. The first-order chi connectivity index (χ1) is 6.56. The van der Waals surface area contributed by atoms with Gasteiger partial charge >= 0.3 is 0 Å². The van der Waals surface area contributed by atoms with Crippen molar-refractivity contribution >= 4 is 11.5 Å². The Kier molecular flexibility index (Phi) is 2.82. The minimum Gasteiger partial charge on any atom is -0.398 e. The Bertz CT molecular complexity index is 384. The van der Waals surface area contributed by atoms with Gasteiger partial charge in [0.15, 0.2) is 0 Å². The smallest absolute Gasteiger partial charge is 0.267 e. The number of anilines is 2. The number of nitrogens with zero attached hydrogens (tertiary/aromatic N) is 2. The van der Waals surface area contributed by atoms with Crippen LogP contribution in [0.2, 0.25) is 0 Å². The molecule has 14 heavy (non-hydrogen) atoms. The summed E-state index contributed by atoms with van der Waals surface area (Å²) in [4.78, 5) is 3.64. The minimum atomic E-state index is -2.74. The number of nitriles is 1. The number of nitrogen functional groups attached to an aromatic ring is 2. The standard InChI is InChI=1S/C8H8F2N4/c9-8(10)7-4(12)3-6(13)14-5(7)1-2-11/h3,8H,1H2,(H4,12,13,14). The summed E-state index contributed by atoms with van der Waals surface area (Å²) in [7, 11) is 0. The van der Waals surface area contributed by atoms with E-state index < -0.39 is 12.0 Å². The summed E-state index contributed by atoms with van der Waals surface area (Å²) < 4.78 is 24.9. The van der Waals surface area contributed by atoms with Crippen LogP contribution in [0.1, 0.15) is 17.7 Å². The molecule has 0 bridgehead atoms. The van der Waals surface area contributed by atoms with Gasteiger partial charge in [0, 0.05) is 11.8 Å². The van der Waals surface area contributed by atoms with Crippen molar-refractivity contribution in [2.45, 2.75) is 12.8 Å². The molecule has 0 atom stereocenters. The van der Waals surface area contributed by atoms with Crippen molar-refractivity contribution in [3.8, 4) is 6.07 Å². The molecule has 4 nitrogen and oxygen atoms in total. The van der Waals surface area contributed by atoms with Gasteiger partial charge in [0.05, 0.1) is 23.7 Å². The van der Waals surface area contributed by atoms with E-state index in [0.29, 0.717) is 0 Å². The van der Waals surface area contributed by atoms with Crippen LogP contribution < -0.4 is 11.5 Å². The third-order valence-electron chi connectivity index (χ3n) is 1.65. The molecule has 1 aromatic rings. The maximum Gasteiger partial charge on any atom is 0.267 e. The Hall–Kier alpha value is -1.90. The Labute approximate surface area is 79.1 Å². The summed E-state index contributed by atoms with van der Waals surface area (Å²) in [5.74, 6) is 0.0390. The molecular formula is C8H8F2N4. The zero-order valence-electron chi connectivity index (χ0n) is 7.17. The normalized spacial score (nSPS) is 10.1. The molecule has 0 fully saturated rings. The second kappa shape index (κ2) is 3.87. The van der Waals surface area contributed by atoms with E-state index in [1.54, 1.807) is 6.07 Å². The summed E-state index contributed by atoms with van der Waals surface area (Å²) in [6.07, 6.45) is -2.97. The Morgan fingerprint density at radius 2 is 2.14 bits per heavy atom. The lowest BCUT2D eigenvalue weighted by Crippen LogP contribution is -2.06. The highest BCUT2D eigenvalue weighted by Gasteiger charge is 2.18. The summed E-state index contributed by atoms with van der Waals surface area (Å²) in [5.41, 5.74) is 10.1. The van der Waals surface area contributed by atoms with E-state index >= 15 is 0 Å². The van der Waals surface area contributed by atoms with Gasteiger partial charge in [-0.05, 0) is 0 Å². The average Bonchev–Trinajstić information content (AvgIpc) is 2.01. The number of hydrogen-bond acceptors (Lipinski definition) is 4. The van der Waals surface area contributed by atoms with Crippen molar-refractivity contribution < 1.29 is 8.78 Å². The fourth-order valence-corrected chi connectivity index (χ4v) is 1.11. The number of rotatable bonds is 2. The molecule has 0 amide bonds. The highest BCUT2D eigenvalue weighted by atomic mass is 19.3. The molecule has 74 valence electrons. The second-order valence-corrected chi connectivity index (χ2v) is 2.63.